The van der Waals surface area contributed by atoms with Gasteiger partial charge < -0.3 is 14.8 Å². The Morgan fingerprint density at radius 1 is 1.06 bits per heavy atom. The van der Waals surface area contributed by atoms with E-state index < -0.39 is 15.9 Å². The molecule has 0 bridgehead atoms. The maximum atomic E-state index is 13.0. The molecule has 158 valence electrons. The van der Waals surface area contributed by atoms with E-state index in [1.54, 1.807) is 35.7 Å². The molecule has 0 radical (unpaired) electrons. The van der Waals surface area contributed by atoms with Gasteiger partial charge in [0.25, 0.3) is 15.9 Å². The molecular formula is C19H14N4O5S3. The van der Waals surface area contributed by atoms with Gasteiger partial charge in [-0.2, -0.15) is 8.75 Å². The van der Waals surface area contributed by atoms with Gasteiger partial charge in [0, 0.05) is 11.8 Å². The fourth-order valence-corrected chi connectivity index (χ4v) is 5.98. The Labute approximate surface area is 185 Å². The van der Waals surface area contributed by atoms with Crippen LogP contribution in [0, 0.1) is 6.92 Å². The summed E-state index contributed by atoms with van der Waals surface area (Å²) in [4.78, 5) is 12.9. The molecule has 0 aliphatic carbocycles. The predicted octanol–water partition coefficient (Wildman–Crippen LogP) is 3.84. The Bertz CT molecular complexity index is 1430. The lowest BCUT2D eigenvalue weighted by Gasteiger charge is -2.11. The maximum absolute atomic E-state index is 13.0. The van der Waals surface area contributed by atoms with Gasteiger partial charge in [0.1, 0.15) is 20.8 Å². The number of benzene rings is 2. The number of nitrogens with zero attached hydrogens (tertiary/aromatic N) is 2. The number of ether oxygens (including phenoxy) is 2. The summed E-state index contributed by atoms with van der Waals surface area (Å²) in [6.07, 6.45) is 0. The van der Waals surface area contributed by atoms with Crippen molar-refractivity contribution >= 4 is 61.4 Å². The number of thiophene rings is 1. The van der Waals surface area contributed by atoms with Crippen molar-refractivity contribution in [2.45, 2.75) is 11.8 Å². The quantitative estimate of drug-likeness (QED) is 0.451. The maximum Gasteiger partial charge on any atom is 0.267 e. The summed E-state index contributed by atoms with van der Waals surface area (Å²) >= 11 is 2.09. The van der Waals surface area contributed by atoms with Crippen LogP contribution in [0.4, 0.5) is 11.4 Å². The number of anilines is 2. The molecule has 0 atom stereocenters. The number of carbonyl (C=O) groups is 1. The van der Waals surface area contributed by atoms with E-state index in [-0.39, 0.29) is 16.6 Å². The van der Waals surface area contributed by atoms with Crippen molar-refractivity contribution in [1.29, 1.82) is 0 Å². The van der Waals surface area contributed by atoms with Gasteiger partial charge in [-0.05, 0) is 48.2 Å². The lowest BCUT2D eigenvalue weighted by Crippen LogP contribution is -2.18. The molecule has 0 saturated carbocycles. The molecule has 1 aliphatic rings. The Morgan fingerprint density at radius 3 is 2.68 bits per heavy atom. The molecule has 31 heavy (non-hydrogen) atoms. The summed E-state index contributed by atoms with van der Waals surface area (Å²) in [5.74, 6) is 0.594. The fraction of sp³-hybridized carbons (Fsp3) is 0.105. The van der Waals surface area contributed by atoms with Crippen LogP contribution in [-0.2, 0) is 10.0 Å². The van der Waals surface area contributed by atoms with Gasteiger partial charge in [-0.25, -0.2) is 8.42 Å². The third kappa shape index (κ3) is 3.69. The predicted molar refractivity (Wildman–Crippen MR) is 118 cm³/mol. The van der Waals surface area contributed by atoms with Gasteiger partial charge in [0.05, 0.1) is 17.4 Å². The number of fused-ring (bicyclic) bond motifs is 2. The number of aromatic nitrogens is 2. The topological polar surface area (TPSA) is 120 Å². The van der Waals surface area contributed by atoms with E-state index in [4.69, 9.17) is 9.47 Å². The van der Waals surface area contributed by atoms with Crippen molar-refractivity contribution in [1.82, 2.24) is 8.75 Å². The third-order valence-corrected chi connectivity index (χ3v) is 7.62. The van der Waals surface area contributed by atoms with E-state index in [1.165, 1.54) is 6.07 Å². The molecule has 2 aromatic heterocycles. The zero-order valence-corrected chi connectivity index (χ0v) is 18.4. The first-order valence-corrected chi connectivity index (χ1v) is 12.0. The molecule has 5 rings (SSSR count). The molecule has 9 nitrogen and oxygen atoms in total. The van der Waals surface area contributed by atoms with Gasteiger partial charge in [-0.3, -0.25) is 9.52 Å². The number of nitrogens with one attached hydrogen (secondary N) is 2. The number of amides is 1. The third-order valence-electron chi connectivity index (χ3n) is 4.60. The van der Waals surface area contributed by atoms with Crippen LogP contribution in [0.5, 0.6) is 11.5 Å². The second-order valence-corrected chi connectivity index (χ2v) is 9.76. The van der Waals surface area contributed by atoms with Crippen molar-refractivity contribution in [2.24, 2.45) is 0 Å². The van der Waals surface area contributed by atoms with Crippen LogP contribution in [-0.4, -0.2) is 29.9 Å². The summed E-state index contributed by atoms with van der Waals surface area (Å²) in [6.45, 7) is 1.93. The molecule has 1 aliphatic heterocycles. The Kier molecular flexibility index (Phi) is 4.76. The molecule has 2 N–H and O–H groups in total. The Morgan fingerprint density at radius 2 is 1.84 bits per heavy atom. The molecule has 0 spiro atoms. The van der Waals surface area contributed by atoms with Crippen LogP contribution in [0.25, 0.3) is 11.0 Å². The molecule has 4 aromatic rings. The average Bonchev–Trinajstić information content (AvgIpc) is 3.47. The summed E-state index contributed by atoms with van der Waals surface area (Å²) in [5.41, 5.74) is 2.89. The zero-order chi connectivity index (χ0) is 21.6. The lowest BCUT2D eigenvalue weighted by atomic mass is 10.1. The van der Waals surface area contributed by atoms with Crippen LogP contribution in [0.15, 0.2) is 46.7 Å². The van der Waals surface area contributed by atoms with Crippen LogP contribution < -0.4 is 19.5 Å². The average molecular weight is 475 g/mol. The summed E-state index contributed by atoms with van der Waals surface area (Å²) in [6, 6.07) is 9.70. The monoisotopic (exact) mass is 474 g/mol. The van der Waals surface area contributed by atoms with Gasteiger partial charge in [-0.1, -0.05) is 0 Å². The van der Waals surface area contributed by atoms with E-state index in [9.17, 15) is 13.2 Å². The molecule has 12 heteroatoms. The molecule has 0 saturated heterocycles. The van der Waals surface area contributed by atoms with E-state index in [2.05, 4.69) is 18.8 Å². The number of hydrogen-bond acceptors (Lipinski definition) is 9. The number of aryl methyl sites for hydroxylation is 1. The summed E-state index contributed by atoms with van der Waals surface area (Å²) < 4.78 is 47.4. The minimum absolute atomic E-state index is 0.0703. The molecule has 3 heterocycles. The zero-order valence-electron chi connectivity index (χ0n) is 15.9. The van der Waals surface area contributed by atoms with E-state index in [0.717, 1.165) is 28.6 Å². The summed E-state index contributed by atoms with van der Waals surface area (Å²) in [5, 5.41) is 4.33. The molecule has 1 amide bonds. The highest BCUT2D eigenvalue weighted by atomic mass is 32.2. The minimum atomic E-state index is -4.00. The number of rotatable bonds is 5. The van der Waals surface area contributed by atoms with Gasteiger partial charge >= 0.3 is 0 Å². The van der Waals surface area contributed by atoms with Crippen molar-refractivity contribution in [2.75, 3.05) is 16.8 Å². The molecular weight excluding hydrogens is 460 g/mol. The SMILES string of the molecule is Cc1cc2c(cc1NC(=O)c1sccc1S(=O)(=O)Nc1ccc3nsnc3c1)OCO2. The van der Waals surface area contributed by atoms with Gasteiger partial charge in [0.15, 0.2) is 11.5 Å². The van der Waals surface area contributed by atoms with Crippen molar-refractivity contribution in [3.05, 3.63) is 52.2 Å². The first-order chi connectivity index (χ1) is 14.9. The normalized spacial score (nSPS) is 12.8. The van der Waals surface area contributed by atoms with Gasteiger partial charge in [-0.15, -0.1) is 11.3 Å². The first-order valence-electron chi connectivity index (χ1n) is 8.95. The van der Waals surface area contributed by atoms with Crippen LogP contribution in [0.2, 0.25) is 0 Å². The standard InChI is InChI=1S/C19H14N4O5S3/c1-10-6-15-16(28-9-27-15)8-13(10)20-19(24)18-17(4-5-29-18)31(25,26)23-11-2-3-12-14(7-11)22-30-21-12/h2-8,23H,9H2,1H3,(H,20,24). The van der Waals surface area contributed by atoms with Gasteiger partial charge in [0.2, 0.25) is 6.79 Å². The van der Waals surface area contributed by atoms with Crippen molar-refractivity contribution < 1.29 is 22.7 Å². The number of sulfonamides is 1. The number of carbonyl (C=O) groups excluding carboxylic acids is 1. The molecule has 2 aromatic carbocycles. The minimum Gasteiger partial charge on any atom is -0.454 e. The number of hydrogen-bond donors (Lipinski definition) is 2. The highest BCUT2D eigenvalue weighted by Crippen LogP contribution is 2.37. The van der Waals surface area contributed by atoms with Crippen molar-refractivity contribution in [3.8, 4) is 11.5 Å². The second kappa shape index (κ2) is 7.48. The van der Waals surface area contributed by atoms with Crippen LogP contribution >= 0.6 is 23.1 Å². The van der Waals surface area contributed by atoms with Crippen LogP contribution in [0.3, 0.4) is 0 Å². The highest BCUT2D eigenvalue weighted by Gasteiger charge is 2.25. The first kappa shape index (κ1) is 19.7. The molecule has 0 unspecified atom stereocenters. The van der Waals surface area contributed by atoms with E-state index in [1.807, 2.05) is 6.92 Å². The fourth-order valence-electron chi connectivity index (χ4n) is 3.09. The van der Waals surface area contributed by atoms with Crippen LogP contribution in [0.1, 0.15) is 15.2 Å². The molecule has 0 fully saturated rings. The second-order valence-electron chi connectivity index (χ2n) is 6.66. The van der Waals surface area contributed by atoms with E-state index >= 15 is 0 Å². The van der Waals surface area contributed by atoms with Crippen molar-refractivity contribution in [3.63, 3.8) is 0 Å². The summed E-state index contributed by atoms with van der Waals surface area (Å²) in [7, 11) is -4.00. The smallest absolute Gasteiger partial charge is 0.267 e. The largest absolute Gasteiger partial charge is 0.454 e. The lowest BCUT2D eigenvalue weighted by molar-refractivity contribution is 0.102. The Balaban J connectivity index is 1.41. The Hall–Kier alpha value is -3.22. The highest BCUT2D eigenvalue weighted by molar-refractivity contribution is 7.93. The van der Waals surface area contributed by atoms with E-state index in [0.29, 0.717) is 33.9 Å².